The SMILES string of the molecule is CCNc1ccc([N+](=O)[O-])cc1CN(C)CCC#N. The fourth-order valence-electron chi connectivity index (χ4n) is 1.80. The number of hydrogen-bond acceptors (Lipinski definition) is 5. The fraction of sp³-hybridized carbons (Fsp3) is 0.462. The van der Waals surface area contributed by atoms with Gasteiger partial charge in [-0.3, -0.25) is 10.1 Å². The molecule has 0 aliphatic heterocycles. The number of nitro groups is 1. The molecule has 0 aromatic heterocycles. The molecule has 0 bridgehead atoms. The summed E-state index contributed by atoms with van der Waals surface area (Å²) in [4.78, 5) is 12.4. The highest BCUT2D eigenvalue weighted by atomic mass is 16.6. The van der Waals surface area contributed by atoms with E-state index in [2.05, 4.69) is 11.4 Å². The van der Waals surface area contributed by atoms with E-state index in [1.165, 1.54) is 6.07 Å². The maximum Gasteiger partial charge on any atom is 0.269 e. The van der Waals surface area contributed by atoms with Crippen LogP contribution in [-0.2, 0) is 6.54 Å². The van der Waals surface area contributed by atoms with Gasteiger partial charge in [-0.1, -0.05) is 0 Å². The van der Waals surface area contributed by atoms with Crippen LogP contribution in [0.5, 0.6) is 0 Å². The molecule has 1 rings (SSSR count). The summed E-state index contributed by atoms with van der Waals surface area (Å²) >= 11 is 0. The van der Waals surface area contributed by atoms with Gasteiger partial charge in [0, 0.05) is 43.9 Å². The van der Waals surface area contributed by atoms with Gasteiger partial charge < -0.3 is 10.2 Å². The molecule has 0 unspecified atom stereocenters. The number of hydrogen-bond donors (Lipinski definition) is 1. The quantitative estimate of drug-likeness (QED) is 0.602. The minimum absolute atomic E-state index is 0.0883. The van der Waals surface area contributed by atoms with Crippen molar-refractivity contribution in [2.45, 2.75) is 19.9 Å². The molecule has 0 saturated heterocycles. The van der Waals surface area contributed by atoms with Gasteiger partial charge in [-0.2, -0.15) is 5.26 Å². The van der Waals surface area contributed by atoms with Gasteiger partial charge in [0.25, 0.3) is 5.69 Å². The van der Waals surface area contributed by atoms with Crippen LogP contribution >= 0.6 is 0 Å². The van der Waals surface area contributed by atoms with E-state index in [0.29, 0.717) is 19.5 Å². The fourth-order valence-corrected chi connectivity index (χ4v) is 1.80. The van der Waals surface area contributed by atoms with Crippen LogP contribution in [0.1, 0.15) is 18.9 Å². The standard InChI is InChI=1S/C13H18N4O2/c1-3-15-13-6-5-12(17(18)19)9-11(13)10-16(2)8-4-7-14/h5-6,9,15H,3-4,8,10H2,1-2H3. The zero-order chi connectivity index (χ0) is 14.3. The van der Waals surface area contributed by atoms with Crippen molar-refractivity contribution in [3.05, 3.63) is 33.9 Å². The Kier molecular flexibility index (Phi) is 5.76. The molecule has 19 heavy (non-hydrogen) atoms. The van der Waals surface area contributed by atoms with Gasteiger partial charge in [-0.15, -0.1) is 0 Å². The van der Waals surface area contributed by atoms with E-state index in [9.17, 15) is 10.1 Å². The smallest absolute Gasteiger partial charge is 0.269 e. The van der Waals surface area contributed by atoms with E-state index < -0.39 is 4.92 Å². The molecule has 0 atom stereocenters. The van der Waals surface area contributed by atoms with Crippen LogP contribution in [0.2, 0.25) is 0 Å². The first kappa shape index (κ1) is 14.9. The summed E-state index contributed by atoms with van der Waals surface area (Å²) in [7, 11) is 1.89. The van der Waals surface area contributed by atoms with Crippen molar-refractivity contribution in [2.24, 2.45) is 0 Å². The van der Waals surface area contributed by atoms with Crippen LogP contribution in [0.3, 0.4) is 0 Å². The lowest BCUT2D eigenvalue weighted by Gasteiger charge is -2.17. The topological polar surface area (TPSA) is 82.2 Å². The first-order valence-corrected chi connectivity index (χ1v) is 6.15. The molecule has 6 heteroatoms. The van der Waals surface area contributed by atoms with Crippen molar-refractivity contribution in [3.8, 4) is 6.07 Å². The normalized spacial score (nSPS) is 10.2. The molecule has 0 aliphatic rings. The van der Waals surface area contributed by atoms with E-state index in [1.54, 1.807) is 12.1 Å². The van der Waals surface area contributed by atoms with Gasteiger partial charge in [-0.25, -0.2) is 0 Å². The second kappa shape index (κ2) is 7.34. The van der Waals surface area contributed by atoms with E-state index in [4.69, 9.17) is 5.26 Å². The third kappa shape index (κ3) is 4.56. The number of rotatable bonds is 7. The molecule has 0 aliphatic carbocycles. The largest absolute Gasteiger partial charge is 0.385 e. The molecule has 0 saturated carbocycles. The third-order valence-corrected chi connectivity index (χ3v) is 2.71. The van der Waals surface area contributed by atoms with Crippen molar-refractivity contribution in [1.29, 1.82) is 5.26 Å². The number of benzene rings is 1. The number of anilines is 1. The molecule has 0 spiro atoms. The number of nitrogens with one attached hydrogen (secondary N) is 1. The van der Waals surface area contributed by atoms with Crippen molar-refractivity contribution in [1.82, 2.24) is 4.90 Å². The van der Waals surface area contributed by atoms with Gasteiger partial charge in [0.1, 0.15) is 0 Å². The van der Waals surface area contributed by atoms with Crippen LogP contribution in [0.15, 0.2) is 18.2 Å². The summed E-state index contributed by atoms with van der Waals surface area (Å²) < 4.78 is 0. The highest BCUT2D eigenvalue weighted by Gasteiger charge is 2.12. The Morgan fingerprint density at radius 2 is 2.26 bits per heavy atom. The zero-order valence-corrected chi connectivity index (χ0v) is 11.2. The maximum atomic E-state index is 10.8. The Morgan fingerprint density at radius 3 is 2.84 bits per heavy atom. The van der Waals surface area contributed by atoms with Gasteiger partial charge >= 0.3 is 0 Å². The summed E-state index contributed by atoms with van der Waals surface area (Å²) in [5.41, 5.74) is 1.86. The number of nitriles is 1. The molecule has 1 N–H and O–H groups in total. The molecule has 0 amide bonds. The molecule has 0 heterocycles. The molecular weight excluding hydrogens is 244 g/mol. The van der Waals surface area contributed by atoms with Crippen LogP contribution in [0.4, 0.5) is 11.4 Å². The average Bonchev–Trinajstić information content (AvgIpc) is 2.38. The van der Waals surface area contributed by atoms with E-state index in [1.807, 2.05) is 18.9 Å². The maximum absolute atomic E-state index is 10.8. The first-order valence-electron chi connectivity index (χ1n) is 6.15. The van der Waals surface area contributed by atoms with E-state index in [-0.39, 0.29) is 5.69 Å². The van der Waals surface area contributed by atoms with Crippen LogP contribution in [0, 0.1) is 21.4 Å². The minimum Gasteiger partial charge on any atom is -0.385 e. The number of non-ortho nitro benzene ring substituents is 1. The van der Waals surface area contributed by atoms with Crippen molar-refractivity contribution in [3.63, 3.8) is 0 Å². The monoisotopic (exact) mass is 262 g/mol. The highest BCUT2D eigenvalue weighted by molar-refractivity contribution is 5.56. The second-order valence-corrected chi connectivity index (χ2v) is 4.27. The average molecular weight is 262 g/mol. The van der Waals surface area contributed by atoms with Gasteiger partial charge in [0.05, 0.1) is 11.0 Å². The van der Waals surface area contributed by atoms with Crippen LogP contribution in [-0.4, -0.2) is 30.0 Å². The Labute approximate surface area is 112 Å². The lowest BCUT2D eigenvalue weighted by atomic mass is 10.1. The number of nitrogens with zero attached hydrogens (tertiary/aromatic N) is 3. The van der Waals surface area contributed by atoms with Crippen LogP contribution < -0.4 is 5.32 Å². The minimum atomic E-state index is -0.394. The molecule has 6 nitrogen and oxygen atoms in total. The lowest BCUT2D eigenvalue weighted by molar-refractivity contribution is -0.384. The summed E-state index contributed by atoms with van der Waals surface area (Å²) in [5.74, 6) is 0. The summed E-state index contributed by atoms with van der Waals surface area (Å²) in [6.45, 7) is 3.95. The van der Waals surface area contributed by atoms with E-state index >= 15 is 0 Å². The molecule has 102 valence electrons. The molecular formula is C13H18N4O2. The Morgan fingerprint density at radius 1 is 1.53 bits per heavy atom. The second-order valence-electron chi connectivity index (χ2n) is 4.27. The van der Waals surface area contributed by atoms with Crippen LogP contribution in [0.25, 0.3) is 0 Å². The van der Waals surface area contributed by atoms with Crippen molar-refractivity contribution in [2.75, 3.05) is 25.5 Å². The lowest BCUT2D eigenvalue weighted by Crippen LogP contribution is -2.19. The Hall–Kier alpha value is -2.13. The molecule has 0 radical (unpaired) electrons. The summed E-state index contributed by atoms with van der Waals surface area (Å²) in [6, 6.07) is 6.90. The Bertz CT molecular complexity index is 482. The predicted molar refractivity (Wildman–Crippen MR) is 73.8 cm³/mol. The van der Waals surface area contributed by atoms with Gasteiger partial charge in [0.2, 0.25) is 0 Å². The van der Waals surface area contributed by atoms with E-state index in [0.717, 1.165) is 17.8 Å². The molecule has 0 fully saturated rings. The Balaban J connectivity index is 2.90. The zero-order valence-electron chi connectivity index (χ0n) is 11.2. The molecule has 1 aromatic rings. The third-order valence-electron chi connectivity index (χ3n) is 2.71. The highest BCUT2D eigenvalue weighted by Crippen LogP contribution is 2.23. The predicted octanol–water partition coefficient (Wildman–Crippen LogP) is 2.37. The number of nitro benzene ring substituents is 1. The van der Waals surface area contributed by atoms with Gasteiger partial charge in [0.15, 0.2) is 0 Å². The summed E-state index contributed by atoms with van der Waals surface area (Å²) in [5, 5.41) is 22.6. The van der Waals surface area contributed by atoms with Gasteiger partial charge in [-0.05, 0) is 25.6 Å². The molecule has 1 aromatic carbocycles. The van der Waals surface area contributed by atoms with Crippen molar-refractivity contribution < 1.29 is 4.92 Å². The first-order chi connectivity index (χ1) is 9.08. The summed E-state index contributed by atoms with van der Waals surface area (Å²) in [6.07, 6.45) is 0.446. The van der Waals surface area contributed by atoms with Crippen molar-refractivity contribution >= 4 is 11.4 Å².